The van der Waals surface area contributed by atoms with Crippen molar-refractivity contribution in [1.82, 2.24) is 20.1 Å². The first-order chi connectivity index (χ1) is 16.0. The number of aromatic nitrogens is 1. The number of ether oxygens (including phenoxy) is 1. The van der Waals surface area contributed by atoms with Gasteiger partial charge in [-0.3, -0.25) is 9.69 Å². The molecule has 0 radical (unpaired) electrons. The van der Waals surface area contributed by atoms with Crippen molar-refractivity contribution in [2.75, 3.05) is 26.4 Å². The van der Waals surface area contributed by atoms with Gasteiger partial charge in [0.25, 0.3) is 5.91 Å². The summed E-state index contributed by atoms with van der Waals surface area (Å²) < 4.78 is 6.72. The first-order valence-electron chi connectivity index (χ1n) is 11.4. The Morgan fingerprint density at radius 2 is 1.85 bits per heavy atom. The maximum absolute atomic E-state index is 13.3. The second-order valence-electron chi connectivity index (χ2n) is 8.80. The molecule has 2 aliphatic heterocycles. The van der Waals surface area contributed by atoms with Crippen molar-refractivity contribution < 1.29 is 14.3 Å². The smallest absolute Gasteiger partial charge is 0.326 e. The van der Waals surface area contributed by atoms with E-state index in [1.807, 2.05) is 43.3 Å². The molecular formula is C25H28N4O3S. The van der Waals surface area contributed by atoms with Crippen LogP contribution in [0.2, 0.25) is 0 Å². The van der Waals surface area contributed by atoms with E-state index in [2.05, 4.69) is 22.3 Å². The standard InChI is InChI=1S/C25H28N4O3S/c1-3-32-19-10-8-18(9-11-19)25(2)23(30)29(24(31)27-25)16-28-14-12-17(13-15-28)22-26-20-6-4-5-7-21(20)33-22/h4-11,17H,3,12-16H2,1-2H3,(H,27,31)/t25-/m1/s1. The quantitative estimate of drug-likeness (QED) is 0.551. The average molecular weight is 465 g/mol. The molecule has 0 saturated carbocycles. The second-order valence-corrected chi connectivity index (χ2v) is 9.86. The van der Waals surface area contributed by atoms with Gasteiger partial charge in [-0.25, -0.2) is 14.7 Å². The van der Waals surface area contributed by atoms with Crippen LogP contribution in [-0.4, -0.2) is 53.1 Å². The Labute approximate surface area is 197 Å². The fraction of sp³-hybridized carbons (Fsp3) is 0.400. The van der Waals surface area contributed by atoms with Crippen molar-refractivity contribution in [2.45, 2.75) is 38.1 Å². The zero-order valence-electron chi connectivity index (χ0n) is 18.9. The first-order valence-corrected chi connectivity index (χ1v) is 12.2. The Kier molecular flexibility index (Phi) is 5.80. The summed E-state index contributed by atoms with van der Waals surface area (Å²) in [5, 5.41) is 4.09. The fourth-order valence-corrected chi connectivity index (χ4v) is 5.79. The Hall–Kier alpha value is -2.97. The number of hydrogen-bond acceptors (Lipinski definition) is 6. The molecule has 2 fully saturated rings. The number of benzene rings is 2. The summed E-state index contributed by atoms with van der Waals surface area (Å²) in [5.74, 6) is 0.954. The van der Waals surface area contributed by atoms with Crippen LogP contribution < -0.4 is 10.1 Å². The molecule has 1 aromatic heterocycles. The molecule has 3 aromatic rings. The molecule has 2 aromatic carbocycles. The van der Waals surface area contributed by atoms with Gasteiger partial charge in [0.2, 0.25) is 0 Å². The minimum absolute atomic E-state index is 0.218. The van der Waals surface area contributed by atoms with Crippen LogP contribution in [0, 0.1) is 0 Å². The molecule has 8 heteroatoms. The van der Waals surface area contributed by atoms with Gasteiger partial charge in [0.05, 0.1) is 28.5 Å². The van der Waals surface area contributed by atoms with Crippen LogP contribution >= 0.6 is 11.3 Å². The number of para-hydroxylation sites is 1. The molecule has 0 aliphatic carbocycles. The number of imide groups is 1. The number of hydrogen-bond donors (Lipinski definition) is 1. The van der Waals surface area contributed by atoms with Crippen molar-refractivity contribution >= 4 is 33.5 Å². The van der Waals surface area contributed by atoms with E-state index in [9.17, 15) is 9.59 Å². The van der Waals surface area contributed by atoms with Crippen molar-refractivity contribution in [2.24, 2.45) is 0 Å². The summed E-state index contributed by atoms with van der Waals surface area (Å²) in [6, 6.07) is 15.3. The van der Waals surface area contributed by atoms with Gasteiger partial charge < -0.3 is 10.1 Å². The third-order valence-corrected chi connectivity index (χ3v) is 7.81. The SMILES string of the molecule is CCOc1ccc([C@@]2(C)NC(=O)N(CN3CCC(c4nc5ccccc5s4)CC3)C2=O)cc1. The summed E-state index contributed by atoms with van der Waals surface area (Å²) >= 11 is 1.77. The highest BCUT2D eigenvalue weighted by Gasteiger charge is 2.49. The molecule has 172 valence electrons. The lowest BCUT2D eigenvalue weighted by Crippen LogP contribution is -2.46. The lowest BCUT2D eigenvalue weighted by atomic mass is 9.92. The maximum Gasteiger partial charge on any atom is 0.326 e. The minimum atomic E-state index is -1.07. The minimum Gasteiger partial charge on any atom is -0.494 e. The maximum atomic E-state index is 13.3. The summed E-state index contributed by atoms with van der Waals surface area (Å²) in [4.78, 5) is 34.4. The predicted molar refractivity (Wildman–Crippen MR) is 128 cm³/mol. The van der Waals surface area contributed by atoms with E-state index in [0.717, 1.165) is 42.8 Å². The van der Waals surface area contributed by atoms with Gasteiger partial charge >= 0.3 is 6.03 Å². The summed E-state index contributed by atoms with van der Waals surface area (Å²) in [6.07, 6.45) is 1.94. The van der Waals surface area contributed by atoms with Crippen molar-refractivity contribution in [3.63, 3.8) is 0 Å². The second kappa shape index (κ2) is 8.76. The molecule has 2 aliphatic rings. The number of rotatable bonds is 6. The normalized spacial score (nSPS) is 22.2. The molecule has 1 N–H and O–H groups in total. The Balaban J connectivity index is 1.22. The molecule has 5 rings (SSSR count). The third kappa shape index (κ3) is 4.09. The molecule has 0 unspecified atom stereocenters. The summed E-state index contributed by atoms with van der Waals surface area (Å²) in [6.45, 7) is 6.24. The van der Waals surface area contributed by atoms with Crippen LogP contribution in [0.4, 0.5) is 4.79 Å². The Morgan fingerprint density at radius 1 is 1.12 bits per heavy atom. The first kappa shape index (κ1) is 21.9. The number of urea groups is 1. The van der Waals surface area contributed by atoms with Gasteiger partial charge in [0.15, 0.2) is 0 Å². The van der Waals surface area contributed by atoms with E-state index in [0.29, 0.717) is 19.2 Å². The molecule has 33 heavy (non-hydrogen) atoms. The fourth-order valence-electron chi connectivity index (χ4n) is 4.66. The lowest BCUT2D eigenvalue weighted by Gasteiger charge is -2.33. The molecular weight excluding hydrogens is 436 g/mol. The third-order valence-electron chi connectivity index (χ3n) is 6.61. The lowest BCUT2D eigenvalue weighted by molar-refractivity contribution is -0.132. The largest absolute Gasteiger partial charge is 0.494 e. The summed E-state index contributed by atoms with van der Waals surface area (Å²) in [7, 11) is 0. The van der Waals surface area contributed by atoms with Crippen LogP contribution in [0.3, 0.4) is 0 Å². The Bertz CT molecular complexity index is 1140. The van der Waals surface area contributed by atoms with Gasteiger partial charge in [0, 0.05) is 19.0 Å². The van der Waals surface area contributed by atoms with Crippen molar-refractivity contribution in [3.8, 4) is 5.75 Å². The monoisotopic (exact) mass is 464 g/mol. The van der Waals surface area contributed by atoms with Crippen LogP contribution in [0.25, 0.3) is 10.2 Å². The Morgan fingerprint density at radius 3 is 2.55 bits per heavy atom. The number of fused-ring (bicyclic) bond motifs is 1. The molecule has 1 atom stereocenters. The van der Waals surface area contributed by atoms with Crippen molar-refractivity contribution in [1.29, 1.82) is 0 Å². The number of likely N-dealkylation sites (tertiary alicyclic amines) is 1. The number of nitrogens with zero attached hydrogens (tertiary/aromatic N) is 3. The van der Waals surface area contributed by atoms with Gasteiger partial charge in [-0.05, 0) is 56.5 Å². The average Bonchev–Trinajstić information content (AvgIpc) is 3.35. The predicted octanol–water partition coefficient (Wildman–Crippen LogP) is 4.30. The zero-order valence-corrected chi connectivity index (χ0v) is 19.7. The topological polar surface area (TPSA) is 74.8 Å². The number of piperidine rings is 1. The molecule has 3 amide bonds. The van der Waals surface area contributed by atoms with Crippen molar-refractivity contribution in [3.05, 3.63) is 59.1 Å². The van der Waals surface area contributed by atoms with Gasteiger partial charge in [-0.1, -0.05) is 24.3 Å². The van der Waals surface area contributed by atoms with E-state index in [1.165, 1.54) is 14.6 Å². The highest BCUT2D eigenvalue weighted by Crippen LogP contribution is 2.35. The molecule has 7 nitrogen and oxygen atoms in total. The number of nitrogens with one attached hydrogen (secondary N) is 1. The number of carbonyl (C=O) groups is 2. The van der Waals surface area contributed by atoms with E-state index < -0.39 is 5.54 Å². The number of carbonyl (C=O) groups excluding carboxylic acids is 2. The van der Waals surface area contributed by atoms with Gasteiger partial charge in [-0.15, -0.1) is 11.3 Å². The number of amides is 3. The van der Waals surface area contributed by atoms with E-state index >= 15 is 0 Å². The molecule has 0 spiro atoms. The van der Waals surface area contributed by atoms with Crippen LogP contribution in [-0.2, 0) is 10.3 Å². The molecule has 0 bridgehead atoms. The van der Waals surface area contributed by atoms with Gasteiger partial charge in [0.1, 0.15) is 11.3 Å². The molecule has 3 heterocycles. The van der Waals surface area contributed by atoms with Gasteiger partial charge in [-0.2, -0.15) is 0 Å². The number of thiazole rings is 1. The van der Waals surface area contributed by atoms with E-state index in [-0.39, 0.29) is 11.9 Å². The van der Waals surface area contributed by atoms with E-state index in [1.54, 1.807) is 18.3 Å². The van der Waals surface area contributed by atoms with Crippen LogP contribution in [0.15, 0.2) is 48.5 Å². The summed E-state index contributed by atoms with van der Waals surface area (Å²) in [5.41, 5.74) is 0.746. The molecule has 2 saturated heterocycles. The van der Waals surface area contributed by atoms with Crippen LogP contribution in [0.5, 0.6) is 5.75 Å². The zero-order chi connectivity index (χ0) is 23.0. The highest BCUT2D eigenvalue weighted by atomic mass is 32.1. The van der Waals surface area contributed by atoms with E-state index in [4.69, 9.17) is 9.72 Å². The van der Waals surface area contributed by atoms with Crippen LogP contribution in [0.1, 0.15) is 43.2 Å². The highest BCUT2D eigenvalue weighted by molar-refractivity contribution is 7.18.